The zero-order valence-electron chi connectivity index (χ0n) is 12.2. The number of ether oxygens (including phenoxy) is 1. The number of benzene rings is 2. The summed E-state index contributed by atoms with van der Waals surface area (Å²) in [5.41, 5.74) is 9.86. The molecule has 0 aliphatic carbocycles. The Hall–Kier alpha value is -2.33. The number of hydrogen-bond donors (Lipinski definition) is 2. The van der Waals surface area contributed by atoms with Crippen LogP contribution in [0.4, 0.5) is 0 Å². The Morgan fingerprint density at radius 2 is 1.90 bits per heavy atom. The minimum Gasteiger partial charge on any atom is -0.508 e. The van der Waals surface area contributed by atoms with Crippen LogP contribution in [0, 0.1) is 6.92 Å². The first-order chi connectivity index (χ1) is 10.0. The number of rotatable bonds is 4. The summed E-state index contributed by atoms with van der Waals surface area (Å²) in [5.74, 6) is -0.148. The maximum Gasteiger partial charge on any atom is 0.322 e. The normalized spacial score (nSPS) is 12.0. The smallest absolute Gasteiger partial charge is 0.322 e. The van der Waals surface area contributed by atoms with Crippen molar-refractivity contribution in [1.29, 1.82) is 0 Å². The Kier molecular flexibility index (Phi) is 4.60. The van der Waals surface area contributed by atoms with Gasteiger partial charge in [-0.05, 0) is 47.7 Å². The maximum absolute atomic E-state index is 11.3. The number of hydrogen-bond acceptors (Lipinski definition) is 4. The fourth-order valence-electron chi connectivity index (χ4n) is 2.28. The van der Waals surface area contributed by atoms with E-state index in [0.29, 0.717) is 6.42 Å². The fraction of sp³-hybridized carbons (Fsp3) is 0.235. The van der Waals surface area contributed by atoms with Gasteiger partial charge in [0, 0.05) is 0 Å². The van der Waals surface area contributed by atoms with Crippen molar-refractivity contribution in [3.63, 3.8) is 0 Å². The maximum atomic E-state index is 11.3. The lowest BCUT2D eigenvalue weighted by Crippen LogP contribution is -2.33. The van der Waals surface area contributed by atoms with Gasteiger partial charge in [-0.1, -0.05) is 30.3 Å². The highest BCUT2D eigenvalue weighted by Crippen LogP contribution is 2.26. The largest absolute Gasteiger partial charge is 0.508 e. The van der Waals surface area contributed by atoms with E-state index in [1.165, 1.54) is 7.11 Å². The molecule has 0 bridgehead atoms. The minimum atomic E-state index is -0.642. The molecule has 4 heteroatoms. The summed E-state index contributed by atoms with van der Waals surface area (Å²) in [6, 6.07) is 12.5. The second-order valence-corrected chi connectivity index (χ2v) is 5.03. The molecule has 4 nitrogen and oxygen atoms in total. The number of nitrogens with two attached hydrogens (primary N) is 1. The van der Waals surface area contributed by atoms with Gasteiger partial charge in [0.2, 0.25) is 0 Å². The number of esters is 1. The molecule has 0 aliphatic heterocycles. The number of phenolic OH excluding ortho intramolecular Hbond substituents is 1. The third-order valence-corrected chi connectivity index (χ3v) is 3.43. The molecule has 0 fully saturated rings. The first-order valence-corrected chi connectivity index (χ1v) is 6.73. The lowest BCUT2D eigenvalue weighted by molar-refractivity contribution is -0.142. The zero-order valence-corrected chi connectivity index (χ0v) is 12.2. The fourth-order valence-corrected chi connectivity index (χ4v) is 2.28. The van der Waals surface area contributed by atoms with Crippen LogP contribution in [0.5, 0.6) is 5.75 Å². The van der Waals surface area contributed by atoms with Gasteiger partial charge in [-0.3, -0.25) is 4.79 Å². The third-order valence-electron chi connectivity index (χ3n) is 3.43. The second kappa shape index (κ2) is 6.41. The van der Waals surface area contributed by atoms with Crippen molar-refractivity contribution in [1.82, 2.24) is 0 Å². The SMILES string of the molecule is COC(=O)[C@@H](N)Cc1ccc(-c2ccc(O)cc2C)cc1. The molecule has 0 unspecified atom stereocenters. The monoisotopic (exact) mass is 285 g/mol. The van der Waals surface area contributed by atoms with Gasteiger partial charge in [0.15, 0.2) is 0 Å². The van der Waals surface area contributed by atoms with E-state index in [2.05, 4.69) is 4.74 Å². The van der Waals surface area contributed by atoms with E-state index < -0.39 is 12.0 Å². The van der Waals surface area contributed by atoms with Gasteiger partial charge >= 0.3 is 5.97 Å². The van der Waals surface area contributed by atoms with Crippen molar-refractivity contribution in [3.05, 3.63) is 53.6 Å². The van der Waals surface area contributed by atoms with E-state index in [0.717, 1.165) is 22.3 Å². The van der Waals surface area contributed by atoms with Crippen LogP contribution in [0.1, 0.15) is 11.1 Å². The Labute approximate surface area is 124 Å². The minimum absolute atomic E-state index is 0.261. The van der Waals surface area contributed by atoms with Crippen LogP contribution in [0.25, 0.3) is 11.1 Å². The molecule has 0 amide bonds. The van der Waals surface area contributed by atoms with Crippen molar-refractivity contribution in [2.45, 2.75) is 19.4 Å². The zero-order chi connectivity index (χ0) is 15.4. The number of aryl methyl sites for hydroxylation is 1. The molecule has 0 aliphatic rings. The Morgan fingerprint density at radius 1 is 1.24 bits per heavy atom. The molecule has 21 heavy (non-hydrogen) atoms. The molecule has 1 atom stereocenters. The topological polar surface area (TPSA) is 72.5 Å². The van der Waals surface area contributed by atoms with E-state index in [1.54, 1.807) is 12.1 Å². The average molecular weight is 285 g/mol. The molecule has 110 valence electrons. The third kappa shape index (κ3) is 3.61. The molecule has 0 spiro atoms. The summed E-state index contributed by atoms with van der Waals surface area (Å²) in [7, 11) is 1.33. The summed E-state index contributed by atoms with van der Waals surface area (Å²) in [6.45, 7) is 1.95. The quantitative estimate of drug-likeness (QED) is 0.846. The molecule has 0 aromatic heterocycles. The Bertz CT molecular complexity index is 635. The van der Waals surface area contributed by atoms with Gasteiger partial charge < -0.3 is 15.6 Å². The van der Waals surface area contributed by atoms with Crippen molar-refractivity contribution >= 4 is 5.97 Å². The molecular weight excluding hydrogens is 266 g/mol. The van der Waals surface area contributed by atoms with Crippen LogP contribution in [0.2, 0.25) is 0 Å². The van der Waals surface area contributed by atoms with Crippen molar-refractivity contribution < 1.29 is 14.6 Å². The predicted octanol–water partition coefficient (Wildman–Crippen LogP) is 2.41. The van der Waals surface area contributed by atoms with Gasteiger partial charge in [0.05, 0.1) is 7.11 Å². The van der Waals surface area contributed by atoms with E-state index in [-0.39, 0.29) is 5.75 Å². The molecule has 2 rings (SSSR count). The van der Waals surface area contributed by atoms with E-state index in [9.17, 15) is 9.90 Å². The highest BCUT2D eigenvalue weighted by atomic mass is 16.5. The molecule has 0 saturated heterocycles. The summed E-state index contributed by atoms with van der Waals surface area (Å²) < 4.78 is 4.62. The van der Waals surface area contributed by atoms with Crippen LogP contribution in [0.3, 0.4) is 0 Å². The lowest BCUT2D eigenvalue weighted by atomic mass is 9.98. The summed E-state index contributed by atoms with van der Waals surface area (Å²) in [4.78, 5) is 11.3. The molecule has 2 aromatic rings. The summed E-state index contributed by atoms with van der Waals surface area (Å²) in [6.07, 6.45) is 0.446. The first-order valence-electron chi connectivity index (χ1n) is 6.73. The highest BCUT2D eigenvalue weighted by molar-refractivity contribution is 5.75. The molecule has 0 heterocycles. The number of phenols is 1. The first kappa shape index (κ1) is 15.1. The Morgan fingerprint density at radius 3 is 2.48 bits per heavy atom. The van der Waals surface area contributed by atoms with Gasteiger partial charge in [0.1, 0.15) is 11.8 Å². The molecular formula is C17H19NO3. The molecule has 2 aromatic carbocycles. The molecule has 3 N–H and O–H groups in total. The van der Waals surface area contributed by atoms with Gasteiger partial charge in [-0.2, -0.15) is 0 Å². The van der Waals surface area contributed by atoms with Gasteiger partial charge in [-0.15, -0.1) is 0 Å². The summed E-state index contributed by atoms with van der Waals surface area (Å²) >= 11 is 0. The standard InChI is InChI=1S/C17H19NO3/c1-11-9-14(19)7-8-15(11)13-5-3-12(4-6-13)10-16(18)17(20)21-2/h3-9,16,19H,10,18H2,1-2H3/t16-/m0/s1. The number of aromatic hydroxyl groups is 1. The van der Waals surface area contributed by atoms with Crippen molar-refractivity contribution in [2.24, 2.45) is 5.73 Å². The number of carbonyl (C=O) groups is 1. The Balaban J connectivity index is 2.17. The van der Waals surface area contributed by atoms with E-state index >= 15 is 0 Å². The lowest BCUT2D eigenvalue weighted by Gasteiger charge is -2.11. The summed E-state index contributed by atoms with van der Waals surface area (Å²) in [5, 5.41) is 9.45. The van der Waals surface area contributed by atoms with Crippen LogP contribution < -0.4 is 5.73 Å². The van der Waals surface area contributed by atoms with Crippen LogP contribution in [0.15, 0.2) is 42.5 Å². The average Bonchev–Trinajstić information content (AvgIpc) is 2.47. The van der Waals surface area contributed by atoms with Crippen molar-refractivity contribution in [2.75, 3.05) is 7.11 Å². The molecule has 0 saturated carbocycles. The van der Waals surface area contributed by atoms with Crippen molar-refractivity contribution in [3.8, 4) is 16.9 Å². The van der Waals surface area contributed by atoms with Crippen LogP contribution in [-0.4, -0.2) is 24.2 Å². The number of methoxy groups -OCH3 is 1. The second-order valence-electron chi connectivity index (χ2n) is 5.03. The predicted molar refractivity (Wildman–Crippen MR) is 82.0 cm³/mol. The highest BCUT2D eigenvalue weighted by Gasteiger charge is 2.14. The van der Waals surface area contributed by atoms with Gasteiger partial charge in [0.25, 0.3) is 0 Å². The number of carbonyl (C=O) groups excluding carboxylic acids is 1. The van der Waals surface area contributed by atoms with E-state index in [1.807, 2.05) is 37.3 Å². The van der Waals surface area contributed by atoms with Crippen LogP contribution in [-0.2, 0) is 16.0 Å². The van der Waals surface area contributed by atoms with Gasteiger partial charge in [-0.25, -0.2) is 0 Å². The van der Waals surface area contributed by atoms with Crippen LogP contribution >= 0.6 is 0 Å². The van der Waals surface area contributed by atoms with E-state index in [4.69, 9.17) is 5.73 Å². The molecule has 0 radical (unpaired) electrons.